The van der Waals surface area contributed by atoms with E-state index in [0.717, 1.165) is 0 Å². The largest absolute Gasteiger partial charge is 0.406 e. The van der Waals surface area contributed by atoms with Crippen molar-refractivity contribution in [3.05, 3.63) is 57.2 Å². The molecule has 3 N–H and O–H groups in total. The van der Waals surface area contributed by atoms with Crippen molar-refractivity contribution in [2.24, 2.45) is 0 Å². The summed E-state index contributed by atoms with van der Waals surface area (Å²) >= 11 is 6.37. The minimum atomic E-state index is -4.63. The summed E-state index contributed by atoms with van der Waals surface area (Å²) in [6.45, 7) is -1.17. The number of carbonyl (C=O) groups is 2. The Bertz CT molecular complexity index is 1670. The number of likely N-dealkylation sites (tertiary alicyclic amines) is 1. The maximum absolute atomic E-state index is 13.4. The van der Waals surface area contributed by atoms with Crippen molar-refractivity contribution in [3.8, 4) is 0 Å². The molecule has 5 heterocycles. The summed E-state index contributed by atoms with van der Waals surface area (Å²) in [4.78, 5) is 48.2. The third-order valence-corrected chi connectivity index (χ3v) is 7.85. The molecule has 1 atom stereocenters. The van der Waals surface area contributed by atoms with Crippen LogP contribution < -0.4 is 11.0 Å². The Balaban J connectivity index is 1.21. The van der Waals surface area contributed by atoms with Gasteiger partial charge in [-0.2, -0.15) is 18.3 Å². The number of nitrogens with zero attached hydrogens (tertiary/aromatic N) is 5. The molecule has 3 amide bonds. The van der Waals surface area contributed by atoms with Crippen LogP contribution in [0, 0.1) is 0 Å². The highest BCUT2D eigenvalue weighted by Crippen LogP contribution is 2.33. The molecule has 6 rings (SSSR count). The van der Waals surface area contributed by atoms with Gasteiger partial charge in [-0.3, -0.25) is 19.4 Å². The van der Waals surface area contributed by atoms with Crippen LogP contribution in [-0.2, 0) is 17.8 Å². The fraction of sp³-hybridized carbons (Fsp3) is 0.400. The third-order valence-electron chi connectivity index (χ3n) is 7.55. The van der Waals surface area contributed by atoms with Gasteiger partial charge in [-0.05, 0) is 42.2 Å². The van der Waals surface area contributed by atoms with Crippen LogP contribution in [0.1, 0.15) is 30.0 Å². The summed E-state index contributed by atoms with van der Waals surface area (Å²) in [5, 5.41) is 10.2. The lowest BCUT2D eigenvalue weighted by molar-refractivity contribution is -0.163. The van der Waals surface area contributed by atoms with Crippen molar-refractivity contribution >= 4 is 45.6 Å². The van der Waals surface area contributed by atoms with Crippen molar-refractivity contribution in [2.45, 2.75) is 44.1 Å². The number of halogens is 4. The maximum Gasteiger partial charge on any atom is 0.406 e. The molecule has 4 aromatic rings. The topological polar surface area (TPSA) is 132 Å². The van der Waals surface area contributed by atoms with E-state index < -0.39 is 30.7 Å². The van der Waals surface area contributed by atoms with Crippen LogP contribution in [0.5, 0.6) is 0 Å². The number of hydrogen-bond acceptors (Lipinski definition) is 5. The first-order valence-electron chi connectivity index (χ1n) is 12.7. The van der Waals surface area contributed by atoms with E-state index in [4.69, 9.17) is 11.6 Å². The second-order valence-electron chi connectivity index (χ2n) is 10.1. The Kier molecular flexibility index (Phi) is 6.44. The predicted molar refractivity (Wildman–Crippen MR) is 139 cm³/mol. The number of alkyl halides is 3. The first-order chi connectivity index (χ1) is 19.1. The lowest BCUT2D eigenvalue weighted by atomic mass is 9.98. The highest BCUT2D eigenvalue weighted by atomic mass is 35.5. The van der Waals surface area contributed by atoms with Gasteiger partial charge in [-0.15, -0.1) is 0 Å². The molecular formula is C25H24ClF3N8O3. The smallest absolute Gasteiger partial charge is 0.327 e. The van der Waals surface area contributed by atoms with E-state index in [-0.39, 0.29) is 24.7 Å². The van der Waals surface area contributed by atoms with Gasteiger partial charge in [0.05, 0.1) is 22.3 Å². The molecule has 0 radical (unpaired) electrons. The number of hydrogen-bond donors (Lipinski definition) is 3. The van der Waals surface area contributed by atoms with Gasteiger partial charge in [-0.25, -0.2) is 14.6 Å². The van der Waals surface area contributed by atoms with Gasteiger partial charge < -0.3 is 15.1 Å². The van der Waals surface area contributed by atoms with Crippen LogP contribution in [0.25, 0.3) is 22.1 Å². The molecule has 2 aliphatic heterocycles. The van der Waals surface area contributed by atoms with Crippen LogP contribution in [0.15, 0.2) is 35.4 Å². The summed E-state index contributed by atoms with van der Waals surface area (Å²) in [7, 11) is 0. The van der Waals surface area contributed by atoms with Crippen LogP contribution >= 0.6 is 11.6 Å². The summed E-state index contributed by atoms with van der Waals surface area (Å²) in [6.07, 6.45) is -0.646. The van der Waals surface area contributed by atoms with Crippen LogP contribution in [0.2, 0.25) is 5.02 Å². The molecule has 0 bridgehead atoms. The van der Waals surface area contributed by atoms with Crippen molar-refractivity contribution in [1.29, 1.82) is 0 Å². The standard InChI is InChI=1S/C25H24ClF3N8O3/c26-17-8-13-9-18(22(38)36(12-25(27,28)29)11-16(13)15-10-31-34-20(15)17)32-23(39)35-6-3-14(4-7-35)37-19-2-1-5-30-21(19)33-24(37)40/h1-2,5,8,10,14,18H,3-4,6-7,9,11-12H2,(H,31,34)(H,32,39)(H,30,33,40)/t18-/m1/s1. The molecular weight excluding hydrogens is 553 g/mol. The molecule has 1 aromatic carbocycles. The van der Waals surface area contributed by atoms with Crippen molar-refractivity contribution in [2.75, 3.05) is 19.6 Å². The van der Waals surface area contributed by atoms with E-state index in [1.165, 1.54) is 11.1 Å². The number of aromatic nitrogens is 5. The molecule has 0 unspecified atom stereocenters. The number of urea groups is 1. The van der Waals surface area contributed by atoms with Gasteiger partial charge in [0, 0.05) is 43.7 Å². The highest BCUT2D eigenvalue weighted by Gasteiger charge is 2.39. The Labute approximate surface area is 229 Å². The molecule has 11 nitrogen and oxygen atoms in total. The van der Waals surface area contributed by atoms with Crippen molar-refractivity contribution in [1.82, 2.24) is 39.8 Å². The molecule has 1 fully saturated rings. The highest BCUT2D eigenvalue weighted by molar-refractivity contribution is 6.35. The van der Waals surface area contributed by atoms with E-state index >= 15 is 0 Å². The molecule has 2 aliphatic rings. The minimum Gasteiger partial charge on any atom is -0.327 e. The van der Waals surface area contributed by atoms with Gasteiger partial charge in [0.1, 0.15) is 12.6 Å². The number of amides is 3. The lowest BCUT2D eigenvalue weighted by Crippen LogP contribution is -2.54. The zero-order valence-electron chi connectivity index (χ0n) is 21.0. The number of aromatic amines is 2. The molecule has 15 heteroatoms. The average molecular weight is 577 g/mol. The van der Waals surface area contributed by atoms with Crippen LogP contribution in [0.4, 0.5) is 18.0 Å². The minimum absolute atomic E-state index is 0.0245. The zero-order chi connectivity index (χ0) is 28.2. The summed E-state index contributed by atoms with van der Waals surface area (Å²) < 4.78 is 42.0. The number of rotatable bonds is 3. The normalized spacial score (nSPS) is 18.8. The van der Waals surface area contributed by atoms with E-state index in [9.17, 15) is 27.6 Å². The summed E-state index contributed by atoms with van der Waals surface area (Å²) in [6, 6.07) is 3.18. The maximum atomic E-state index is 13.4. The van der Waals surface area contributed by atoms with E-state index in [1.807, 2.05) is 0 Å². The van der Waals surface area contributed by atoms with Crippen LogP contribution in [-0.4, -0.2) is 78.3 Å². The summed E-state index contributed by atoms with van der Waals surface area (Å²) in [5.74, 6) is -0.831. The number of imidazole rings is 1. The number of fused-ring (bicyclic) bond motifs is 4. The number of pyridine rings is 1. The predicted octanol–water partition coefficient (Wildman–Crippen LogP) is 3.12. The van der Waals surface area contributed by atoms with E-state index in [0.29, 0.717) is 69.0 Å². The quantitative estimate of drug-likeness (QED) is 0.345. The molecule has 0 saturated carbocycles. The molecule has 3 aromatic heterocycles. The number of carbonyl (C=O) groups excluding carboxylic acids is 2. The number of H-pyrrole nitrogens is 2. The molecule has 0 spiro atoms. The molecule has 1 saturated heterocycles. The Hall–Kier alpha value is -4.07. The molecule has 40 heavy (non-hydrogen) atoms. The molecule has 0 aliphatic carbocycles. The zero-order valence-corrected chi connectivity index (χ0v) is 21.7. The number of piperidine rings is 1. The van der Waals surface area contributed by atoms with Gasteiger partial charge in [0.2, 0.25) is 5.91 Å². The van der Waals surface area contributed by atoms with E-state index in [1.54, 1.807) is 29.0 Å². The average Bonchev–Trinajstić information content (AvgIpc) is 3.50. The second kappa shape index (κ2) is 9.84. The van der Waals surface area contributed by atoms with Crippen molar-refractivity contribution in [3.63, 3.8) is 0 Å². The summed E-state index contributed by atoms with van der Waals surface area (Å²) in [5.41, 5.74) is 2.41. The van der Waals surface area contributed by atoms with Gasteiger partial charge in [0.25, 0.3) is 0 Å². The Morgan fingerprint density at radius 1 is 1.23 bits per heavy atom. The fourth-order valence-electron chi connectivity index (χ4n) is 5.70. The lowest BCUT2D eigenvalue weighted by Gasteiger charge is -2.34. The van der Waals surface area contributed by atoms with Gasteiger partial charge >= 0.3 is 17.9 Å². The van der Waals surface area contributed by atoms with Crippen LogP contribution in [0.3, 0.4) is 0 Å². The SMILES string of the molecule is O=C(N[C@@H]1Cc2cc(Cl)c3[nH]ncc3c2CN(CC(F)(F)F)C1=O)N1CCC(n2c(=O)[nH]c3ncccc32)CC1. The number of benzene rings is 1. The van der Waals surface area contributed by atoms with Gasteiger partial charge in [-0.1, -0.05) is 11.6 Å². The first-order valence-corrected chi connectivity index (χ1v) is 13.1. The van der Waals surface area contributed by atoms with Gasteiger partial charge in [0.15, 0.2) is 5.65 Å². The second-order valence-corrected chi connectivity index (χ2v) is 10.5. The fourth-order valence-corrected chi connectivity index (χ4v) is 5.97. The Morgan fingerprint density at radius 2 is 2.00 bits per heavy atom. The first kappa shape index (κ1) is 26.2. The third kappa shape index (κ3) is 4.76. The van der Waals surface area contributed by atoms with Crippen molar-refractivity contribution < 1.29 is 22.8 Å². The Morgan fingerprint density at radius 3 is 2.75 bits per heavy atom. The van der Waals surface area contributed by atoms with E-state index in [2.05, 4.69) is 25.5 Å². The monoisotopic (exact) mass is 576 g/mol. The molecule has 210 valence electrons. The number of nitrogens with one attached hydrogen (secondary N) is 3.